The molecule has 0 amide bonds. The van der Waals surface area contributed by atoms with Gasteiger partial charge in [0.05, 0.1) is 4.90 Å². The van der Waals surface area contributed by atoms with Crippen LogP contribution in [0.4, 0.5) is 0 Å². The van der Waals surface area contributed by atoms with Crippen LogP contribution >= 0.6 is 0 Å². The Balaban J connectivity index is 1.95. The fourth-order valence-electron chi connectivity index (χ4n) is 2.14. The third kappa shape index (κ3) is 3.57. The van der Waals surface area contributed by atoms with Crippen molar-refractivity contribution >= 4 is 16.2 Å². The SMILES string of the molecule is O=S(=O)(NN=CC1CCCCC1)c1ccccc1. The van der Waals surface area contributed by atoms with E-state index in [9.17, 15) is 8.42 Å². The Hall–Kier alpha value is -1.36. The molecule has 18 heavy (non-hydrogen) atoms. The minimum atomic E-state index is -3.51. The Kier molecular flexibility index (Phi) is 4.36. The van der Waals surface area contributed by atoms with E-state index in [4.69, 9.17) is 0 Å². The summed E-state index contributed by atoms with van der Waals surface area (Å²) in [6.07, 6.45) is 7.65. The van der Waals surface area contributed by atoms with E-state index < -0.39 is 10.0 Å². The second-order valence-corrected chi connectivity index (χ2v) is 6.24. The van der Waals surface area contributed by atoms with Crippen molar-refractivity contribution in [2.45, 2.75) is 37.0 Å². The number of hydrogen-bond acceptors (Lipinski definition) is 3. The number of hydrazone groups is 1. The first-order valence-corrected chi connectivity index (χ1v) is 7.77. The fraction of sp³-hybridized carbons (Fsp3) is 0.462. The first kappa shape index (κ1) is 13.1. The summed E-state index contributed by atoms with van der Waals surface area (Å²) in [5.74, 6) is 0.414. The highest BCUT2D eigenvalue weighted by molar-refractivity contribution is 7.89. The van der Waals surface area contributed by atoms with Crippen LogP contribution in [0.2, 0.25) is 0 Å². The van der Waals surface area contributed by atoms with Gasteiger partial charge >= 0.3 is 0 Å². The summed E-state index contributed by atoms with van der Waals surface area (Å²) >= 11 is 0. The highest BCUT2D eigenvalue weighted by Crippen LogP contribution is 2.21. The van der Waals surface area contributed by atoms with Crippen molar-refractivity contribution in [2.75, 3.05) is 0 Å². The Morgan fingerprint density at radius 2 is 1.78 bits per heavy atom. The zero-order valence-corrected chi connectivity index (χ0v) is 11.1. The standard InChI is InChI=1S/C13H18N2O2S/c16-18(17,13-9-5-2-6-10-13)15-14-11-12-7-3-1-4-8-12/h2,5-6,9-12,15H,1,3-4,7-8H2. The Labute approximate surface area is 108 Å². The molecule has 1 saturated carbocycles. The molecule has 0 spiro atoms. The van der Waals surface area contributed by atoms with Crippen molar-refractivity contribution in [3.8, 4) is 0 Å². The summed E-state index contributed by atoms with van der Waals surface area (Å²) in [6, 6.07) is 8.28. The van der Waals surface area contributed by atoms with Crippen molar-refractivity contribution in [3.63, 3.8) is 0 Å². The molecule has 1 fully saturated rings. The molecule has 0 atom stereocenters. The number of nitrogens with one attached hydrogen (secondary N) is 1. The van der Waals surface area contributed by atoms with Gasteiger partial charge < -0.3 is 0 Å². The van der Waals surface area contributed by atoms with E-state index in [0.29, 0.717) is 5.92 Å². The lowest BCUT2D eigenvalue weighted by molar-refractivity contribution is 0.444. The lowest BCUT2D eigenvalue weighted by Gasteiger charge is -2.16. The number of nitrogens with zero attached hydrogens (tertiary/aromatic N) is 1. The van der Waals surface area contributed by atoms with Gasteiger partial charge in [0.15, 0.2) is 0 Å². The van der Waals surface area contributed by atoms with Crippen LogP contribution in [0.15, 0.2) is 40.3 Å². The average molecular weight is 266 g/mol. The van der Waals surface area contributed by atoms with E-state index in [1.54, 1.807) is 36.5 Å². The van der Waals surface area contributed by atoms with E-state index >= 15 is 0 Å². The van der Waals surface area contributed by atoms with Gasteiger partial charge in [0.2, 0.25) is 0 Å². The molecule has 0 aromatic heterocycles. The summed E-state index contributed by atoms with van der Waals surface area (Å²) in [4.78, 5) is 2.51. The summed E-state index contributed by atoms with van der Waals surface area (Å²) in [5, 5.41) is 3.88. The van der Waals surface area contributed by atoms with E-state index in [1.165, 1.54) is 19.3 Å². The molecule has 1 aromatic rings. The van der Waals surface area contributed by atoms with Crippen molar-refractivity contribution in [3.05, 3.63) is 30.3 Å². The molecule has 0 heterocycles. The normalized spacial score (nSPS) is 18.0. The molecule has 1 aliphatic carbocycles. The first-order chi connectivity index (χ1) is 8.68. The van der Waals surface area contributed by atoms with Crippen LogP contribution in [0.1, 0.15) is 32.1 Å². The van der Waals surface area contributed by atoms with Gasteiger partial charge in [-0.1, -0.05) is 37.5 Å². The highest BCUT2D eigenvalue weighted by atomic mass is 32.2. The summed E-state index contributed by atoms with van der Waals surface area (Å²) in [5.41, 5.74) is 0. The zero-order valence-electron chi connectivity index (χ0n) is 10.2. The summed E-state index contributed by atoms with van der Waals surface area (Å²) < 4.78 is 23.7. The molecular weight excluding hydrogens is 248 g/mol. The van der Waals surface area contributed by atoms with E-state index in [-0.39, 0.29) is 4.90 Å². The molecule has 4 nitrogen and oxygen atoms in total. The van der Waals surface area contributed by atoms with E-state index in [0.717, 1.165) is 12.8 Å². The van der Waals surface area contributed by atoms with E-state index in [2.05, 4.69) is 9.93 Å². The van der Waals surface area contributed by atoms with Gasteiger partial charge in [0.25, 0.3) is 10.0 Å². The molecule has 1 aromatic carbocycles. The molecule has 0 radical (unpaired) electrons. The topological polar surface area (TPSA) is 58.5 Å². The van der Waals surface area contributed by atoms with Gasteiger partial charge in [-0.3, -0.25) is 0 Å². The van der Waals surface area contributed by atoms with Crippen LogP contribution in [0, 0.1) is 5.92 Å². The molecule has 0 unspecified atom stereocenters. The van der Waals surface area contributed by atoms with Crippen molar-refractivity contribution < 1.29 is 8.42 Å². The van der Waals surface area contributed by atoms with Gasteiger partial charge in [-0.25, -0.2) is 4.83 Å². The molecule has 5 heteroatoms. The van der Waals surface area contributed by atoms with E-state index in [1.807, 2.05) is 0 Å². The molecule has 0 aliphatic heterocycles. The fourth-order valence-corrected chi connectivity index (χ4v) is 2.96. The number of sulfonamides is 1. The summed E-state index contributed by atoms with van der Waals surface area (Å²) in [6.45, 7) is 0. The van der Waals surface area contributed by atoms with Crippen LogP contribution in [0.5, 0.6) is 0 Å². The Morgan fingerprint density at radius 1 is 1.11 bits per heavy atom. The maximum absolute atomic E-state index is 11.8. The van der Waals surface area contributed by atoms with Crippen molar-refractivity contribution in [1.82, 2.24) is 4.83 Å². The van der Waals surface area contributed by atoms with Crippen LogP contribution in [-0.4, -0.2) is 14.6 Å². The molecule has 1 N–H and O–H groups in total. The minimum Gasteiger partial charge on any atom is -0.200 e. The van der Waals surface area contributed by atoms with Crippen LogP contribution in [-0.2, 0) is 10.0 Å². The average Bonchev–Trinajstić information content (AvgIpc) is 2.41. The molecule has 1 aliphatic rings. The molecule has 2 rings (SSSR count). The maximum atomic E-state index is 11.8. The second-order valence-electron chi connectivity index (χ2n) is 4.58. The quantitative estimate of drug-likeness (QED) is 0.672. The zero-order chi connectivity index (χ0) is 12.8. The van der Waals surface area contributed by atoms with Crippen LogP contribution < -0.4 is 4.83 Å². The number of rotatable bonds is 4. The lowest BCUT2D eigenvalue weighted by Crippen LogP contribution is -2.19. The molecule has 98 valence electrons. The molecule has 0 saturated heterocycles. The third-order valence-electron chi connectivity index (χ3n) is 3.16. The van der Waals surface area contributed by atoms with Gasteiger partial charge in [-0.2, -0.15) is 13.5 Å². The van der Waals surface area contributed by atoms with Gasteiger partial charge in [-0.05, 0) is 30.9 Å². The maximum Gasteiger partial charge on any atom is 0.276 e. The third-order valence-corrected chi connectivity index (χ3v) is 4.40. The smallest absolute Gasteiger partial charge is 0.200 e. The number of hydrogen-bond donors (Lipinski definition) is 1. The molecule has 0 bridgehead atoms. The highest BCUT2D eigenvalue weighted by Gasteiger charge is 2.13. The van der Waals surface area contributed by atoms with Crippen molar-refractivity contribution in [2.24, 2.45) is 11.0 Å². The molecular formula is C13H18N2O2S. The lowest BCUT2D eigenvalue weighted by atomic mass is 9.90. The Morgan fingerprint density at radius 3 is 2.44 bits per heavy atom. The van der Waals surface area contributed by atoms with Crippen LogP contribution in [0.25, 0.3) is 0 Å². The van der Waals surface area contributed by atoms with Crippen LogP contribution in [0.3, 0.4) is 0 Å². The Bertz CT molecular complexity index is 491. The predicted octanol–water partition coefficient (Wildman–Crippen LogP) is 2.53. The minimum absolute atomic E-state index is 0.241. The van der Waals surface area contributed by atoms with Gasteiger partial charge in [-0.15, -0.1) is 0 Å². The largest absolute Gasteiger partial charge is 0.276 e. The second kappa shape index (κ2) is 6.00. The predicted molar refractivity (Wildman–Crippen MR) is 71.8 cm³/mol. The first-order valence-electron chi connectivity index (χ1n) is 6.28. The number of benzene rings is 1. The van der Waals surface area contributed by atoms with Crippen molar-refractivity contribution in [1.29, 1.82) is 0 Å². The summed E-state index contributed by atoms with van der Waals surface area (Å²) in [7, 11) is -3.51. The van der Waals surface area contributed by atoms with Gasteiger partial charge in [0, 0.05) is 6.21 Å². The van der Waals surface area contributed by atoms with Gasteiger partial charge in [0.1, 0.15) is 0 Å². The monoisotopic (exact) mass is 266 g/mol.